The van der Waals surface area contributed by atoms with Crippen molar-refractivity contribution >= 4 is 0 Å². The smallest absolute Gasteiger partial charge is 0.0164 e. The first-order valence-electron chi connectivity index (χ1n) is 8.98. The predicted octanol–water partition coefficient (Wildman–Crippen LogP) is 4.70. The van der Waals surface area contributed by atoms with Crippen molar-refractivity contribution in [2.45, 2.75) is 69.7 Å². The molecule has 0 saturated heterocycles. The normalized spacial score (nSPS) is 40.6. The van der Waals surface area contributed by atoms with E-state index < -0.39 is 0 Å². The zero-order valence-electron chi connectivity index (χ0n) is 13.2. The fraction of sp³-hybridized carbons (Fsp3) is 0.700. The van der Waals surface area contributed by atoms with E-state index in [0.717, 1.165) is 11.8 Å². The van der Waals surface area contributed by atoms with E-state index in [4.69, 9.17) is 5.73 Å². The molecule has 0 heterocycles. The lowest BCUT2D eigenvalue weighted by molar-refractivity contribution is -0.0721. The lowest BCUT2D eigenvalue weighted by Crippen LogP contribution is -2.60. The van der Waals surface area contributed by atoms with E-state index in [0.29, 0.717) is 5.41 Å². The summed E-state index contributed by atoms with van der Waals surface area (Å²) in [4.78, 5) is 0. The summed E-state index contributed by atoms with van der Waals surface area (Å²) >= 11 is 0. The van der Waals surface area contributed by atoms with Crippen LogP contribution in [0.2, 0.25) is 0 Å². The minimum absolute atomic E-state index is 0.226. The standard InChI is InChI=1S/C20H29N/c21-20-13-17-10-18(14-20)12-19(11-17,15-20)9-5-4-8-16-6-2-1-3-7-16/h1-3,6-7,17-18H,4-5,8-15,21H2. The Morgan fingerprint density at radius 2 is 1.67 bits per heavy atom. The van der Waals surface area contributed by atoms with Crippen LogP contribution < -0.4 is 5.73 Å². The van der Waals surface area contributed by atoms with Crippen molar-refractivity contribution < 1.29 is 0 Å². The first-order chi connectivity index (χ1) is 10.1. The summed E-state index contributed by atoms with van der Waals surface area (Å²) in [6, 6.07) is 11.0. The van der Waals surface area contributed by atoms with Crippen LogP contribution in [0.1, 0.15) is 63.4 Å². The number of nitrogens with two attached hydrogens (primary N) is 1. The van der Waals surface area contributed by atoms with Crippen molar-refractivity contribution in [3.8, 4) is 0 Å². The molecule has 0 amide bonds. The van der Waals surface area contributed by atoms with E-state index in [-0.39, 0.29) is 5.54 Å². The molecule has 1 heteroatoms. The zero-order chi connectivity index (χ0) is 14.3. The molecule has 2 N–H and O–H groups in total. The molecule has 5 rings (SSSR count). The van der Waals surface area contributed by atoms with Crippen molar-refractivity contribution in [2.75, 3.05) is 0 Å². The summed E-state index contributed by atoms with van der Waals surface area (Å²) < 4.78 is 0. The van der Waals surface area contributed by atoms with Crippen LogP contribution in [0.25, 0.3) is 0 Å². The van der Waals surface area contributed by atoms with Crippen LogP contribution in [-0.2, 0) is 6.42 Å². The van der Waals surface area contributed by atoms with Crippen molar-refractivity contribution in [1.82, 2.24) is 0 Å². The average molecular weight is 283 g/mol. The molecule has 1 aromatic carbocycles. The van der Waals surface area contributed by atoms with Gasteiger partial charge in [-0.1, -0.05) is 36.8 Å². The number of unbranched alkanes of at least 4 members (excludes halogenated alkanes) is 1. The Labute approximate surface area is 129 Å². The predicted molar refractivity (Wildman–Crippen MR) is 88.0 cm³/mol. The monoisotopic (exact) mass is 283 g/mol. The Morgan fingerprint density at radius 3 is 2.33 bits per heavy atom. The van der Waals surface area contributed by atoms with Gasteiger partial charge in [0.1, 0.15) is 0 Å². The van der Waals surface area contributed by atoms with E-state index in [9.17, 15) is 0 Å². The lowest BCUT2D eigenvalue weighted by Gasteiger charge is -2.61. The van der Waals surface area contributed by atoms with E-state index in [1.54, 1.807) is 0 Å². The molecule has 2 atom stereocenters. The molecule has 4 fully saturated rings. The third kappa shape index (κ3) is 2.77. The third-order valence-electron chi connectivity index (χ3n) is 6.49. The number of rotatable bonds is 5. The molecule has 4 saturated carbocycles. The first kappa shape index (κ1) is 13.8. The molecule has 4 aliphatic carbocycles. The summed E-state index contributed by atoms with van der Waals surface area (Å²) in [5.74, 6) is 1.93. The van der Waals surface area contributed by atoms with E-state index in [1.807, 2.05) is 0 Å². The van der Waals surface area contributed by atoms with E-state index in [1.165, 1.54) is 69.8 Å². The Hall–Kier alpha value is -0.820. The molecule has 0 spiro atoms. The molecular formula is C20H29N. The molecule has 1 nitrogen and oxygen atoms in total. The van der Waals surface area contributed by atoms with Gasteiger partial charge in [0, 0.05) is 5.54 Å². The molecule has 2 unspecified atom stereocenters. The van der Waals surface area contributed by atoms with Crippen molar-refractivity contribution in [2.24, 2.45) is 23.0 Å². The number of hydrogen-bond acceptors (Lipinski definition) is 1. The topological polar surface area (TPSA) is 26.0 Å². The van der Waals surface area contributed by atoms with Gasteiger partial charge in [0.15, 0.2) is 0 Å². The molecule has 0 radical (unpaired) electrons. The van der Waals surface area contributed by atoms with Crippen LogP contribution in [0, 0.1) is 17.3 Å². The van der Waals surface area contributed by atoms with Crippen LogP contribution >= 0.6 is 0 Å². The van der Waals surface area contributed by atoms with Gasteiger partial charge in [0.25, 0.3) is 0 Å². The Balaban J connectivity index is 1.33. The van der Waals surface area contributed by atoms with Gasteiger partial charge >= 0.3 is 0 Å². The van der Waals surface area contributed by atoms with E-state index >= 15 is 0 Å². The highest BCUT2D eigenvalue weighted by molar-refractivity contribution is 5.14. The fourth-order valence-electron chi connectivity index (χ4n) is 6.29. The summed E-state index contributed by atoms with van der Waals surface area (Å²) in [5, 5.41) is 0. The zero-order valence-corrected chi connectivity index (χ0v) is 13.2. The molecular weight excluding hydrogens is 254 g/mol. The second-order valence-corrected chi connectivity index (χ2v) is 8.52. The van der Waals surface area contributed by atoms with Crippen LogP contribution in [0.4, 0.5) is 0 Å². The quantitative estimate of drug-likeness (QED) is 0.779. The maximum atomic E-state index is 6.70. The molecule has 0 aromatic heterocycles. The van der Waals surface area contributed by atoms with Gasteiger partial charge in [-0.25, -0.2) is 0 Å². The Bertz CT molecular complexity index is 478. The second-order valence-electron chi connectivity index (χ2n) is 8.52. The molecule has 114 valence electrons. The van der Waals surface area contributed by atoms with Crippen molar-refractivity contribution in [1.29, 1.82) is 0 Å². The highest BCUT2D eigenvalue weighted by atomic mass is 14.8. The summed E-state index contributed by atoms with van der Waals surface area (Å²) in [5.41, 5.74) is 9.06. The van der Waals surface area contributed by atoms with Crippen molar-refractivity contribution in [3.05, 3.63) is 35.9 Å². The SMILES string of the molecule is NC12CC3CC(C1)CC(CCCCc1ccccc1)(C3)C2. The van der Waals surface area contributed by atoms with Crippen LogP contribution in [0.15, 0.2) is 30.3 Å². The molecule has 1 aromatic rings. The van der Waals surface area contributed by atoms with Crippen molar-refractivity contribution in [3.63, 3.8) is 0 Å². The van der Waals surface area contributed by atoms with Gasteiger partial charge in [0.05, 0.1) is 0 Å². The van der Waals surface area contributed by atoms with Gasteiger partial charge in [-0.15, -0.1) is 0 Å². The molecule has 4 aliphatic rings. The summed E-state index contributed by atoms with van der Waals surface area (Å²) in [6.45, 7) is 0. The maximum absolute atomic E-state index is 6.70. The molecule has 21 heavy (non-hydrogen) atoms. The van der Waals surface area contributed by atoms with Gasteiger partial charge < -0.3 is 5.73 Å². The van der Waals surface area contributed by atoms with Crippen LogP contribution in [0.3, 0.4) is 0 Å². The molecule has 0 aliphatic heterocycles. The second kappa shape index (κ2) is 5.12. The van der Waals surface area contributed by atoms with Gasteiger partial charge in [-0.2, -0.15) is 0 Å². The van der Waals surface area contributed by atoms with Crippen LogP contribution in [-0.4, -0.2) is 5.54 Å². The third-order valence-corrected chi connectivity index (χ3v) is 6.49. The first-order valence-corrected chi connectivity index (χ1v) is 8.98. The number of hydrogen-bond donors (Lipinski definition) is 1. The fourth-order valence-corrected chi connectivity index (χ4v) is 6.29. The highest BCUT2D eigenvalue weighted by Crippen LogP contribution is 2.62. The minimum Gasteiger partial charge on any atom is -0.325 e. The number of benzene rings is 1. The van der Waals surface area contributed by atoms with Gasteiger partial charge in [-0.05, 0) is 80.6 Å². The maximum Gasteiger partial charge on any atom is 0.0164 e. The minimum atomic E-state index is 0.226. The summed E-state index contributed by atoms with van der Waals surface area (Å²) in [6.07, 6.45) is 13.9. The number of aryl methyl sites for hydroxylation is 1. The van der Waals surface area contributed by atoms with Gasteiger partial charge in [0.2, 0.25) is 0 Å². The Kier molecular flexibility index (Phi) is 3.37. The highest BCUT2D eigenvalue weighted by Gasteiger charge is 2.55. The lowest BCUT2D eigenvalue weighted by atomic mass is 9.46. The molecule has 4 bridgehead atoms. The van der Waals surface area contributed by atoms with Gasteiger partial charge in [-0.3, -0.25) is 0 Å². The van der Waals surface area contributed by atoms with E-state index in [2.05, 4.69) is 30.3 Å². The summed E-state index contributed by atoms with van der Waals surface area (Å²) in [7, 11) is 0. The Morgan fingerprint density at radius 1 is 0.952 bits per heavy atom. The van der Waals surface area contributed by atoms with Crippen LogP contribution in [0.5, 0.6) is 0 Å². The largest absolute Gasteiger partial charge is 0.325 e. The average Bonchev–Trinajstić information content (AvgIpc) is 2.42.